The van der Waals surface area contributed by atoms with E-state index in [1.54, 1.807) is 31.3 Å². The highest BCUT2D eigenvalue weighted by molar-refractivity contribution is 9.10. The van der Waals surface area contributed by atoms with E-state index in [-0.39, 0.29) is 17.7 Å². The third-order valence-electron chi connectivity index (χ3n) is 2.93. The van der Waals surface area contributed by atoms with Crippen molar-refractivity contribution in [1.29, 1.82) is 0 Å². The zero-order valence-electron chi connectivity index (χ0n) is 11.9. The van der Waals surface area contributed by atoms with Crippen molar-refractivity contribution >= 4 is 21.8 Å². The summed E-state index contributed by atoms with van der Waals surface area (Å²) in [6.07, 6.45) is 0. The topological polar surface area (TPSA) is 59.0 Å². The van der Waals surface area contributed by atoms with E-state index in [9.17, 15) is 9.90 Å². The molecule has 0 bridgehead atoms. The van der Waals surface area contributed by atoms with Gasteiger partial charge in [-0.05, 0) is 41.1 Å². The summed E-state index contributed by atoms with van der Waals surface area (Å²) in [5, 5.41) is 9.68. The lowest BCUT2D eigenvalue weighted by Gasteiger charge is -2.28. The van der Waals surface area contributed by atoms with E-state index in [1.165, 1.54) is 6.07 Å². The molecule has 0 aromatic heterocycles. The van der Waals surface area contributed by atoms with Crippen LogP contribution in [0, 0.1) is 0 Å². The third-order valence-corrected chi connectivity index (χ3v) is 3.60. The van der Waals surface area contributed by atoms with Crippen molar-refractivity contribution in [3.63, 3.8) is 0 Å². The maximum absolute atomic E-state index is 12.5. The normalized spacial score (nSPS) is 12.2. The molecule has 0 spiro atoms. The number of aromatic hydroxyl groups is 1. The number of amides is 1. The van der Waals surface area contributed by atoms with E-state index in [0.29, 0.717) is 29.8 Å². The van der Waals surface area contributed by atoms with Crippen LogP contribution in [0.4, 0.5) is 0 Å². The predicted octanol–water partition coefficient (Wildman–Crippen LogP) is 2.28. The first-order chi connectivity index (χ1) is 9.51. The van der Waals surface area contributed by atoms with E-state index in [0.717, 1.165) is 0 Å². The molecule has 20 heavy (non-hydrogen) atoms. The van der Waals surface area contributed by atoms with Crippen LogP contribution in [0.3, 0.4) is 0 Å². The van der Waals surface area contributed by atoms with Crippen molar-refractivity contribution in [3.05, 3.63) is 28.2 Å². The Morgan fingerprint density at radius 3 is 2.65 bits per heavy atom. The van der Waals surface area contributed by atoms with Crippen molar-refractivity contribution in [2.45, 2.75) is 13.0 Å². The van der Waals surface area contributed by atoms with Gasteiger partial charge in [-0.15, -0.1) is 0 Å². The lowest BCUT2D eigenvalue weighted by Crippen LogP contribution is -2.43. The van der Waals surface area contributed by atoms with Gasteiger partial charge in [-0.1, -0.05) is 0 Å². The monoisotopic (exact) mass is 345 g/mol. The second-order valence-electron chi connectivity index (χ2n) is 4.46. The number of benzene rings is 1. The predicted molar refractivity (Wildman–Crippen MR) is 80.1 cm³/mol. The Hall–Kier alpha value is -1.11. The standard InChI is InChI=1S/C14H20BrNO4/c1-10(9-20-3)16(6-7-19-2)14(18)11-4-5-12(15)13(17)8-11/h4-5,8,10,17H,6-7,9H2,1-3H3. The summed E-state index contributed by atoms with van der Waals surface area (Å²) in [6.45, 7) is 3.27. The molecule has 1 unspecified atom stereocenters. The quantitative estimate of drug-likeness (QED) is 0.823. The average Bonchev–Trinajstić information content (AvgIpc) is 2.42. The molecule has 0 radical (unpaired) electrons. The summed E-state index contributed by atoms with van der Waals surface area (Å²) in [6, 6.07) is 4.70. The van der Waals surface area contributed by atoms with E-state index < -0.39 is 0 Å². The molecule has 0 heterocycles. The van der Waals surface area contributed by atoms with Crippen LogP contribution >= 0.6 is 15.9 Å². The number of rotatable bonds is 7. The van der Waals surface area contributed by atoms with Crippen molar-refractivity contribution < 1.29 is 19.4 Å². The Morgan fingerprint density at radius 1 is 1.40 bits per heavy atom. The van der Waals surface area contributed by atoms with Crippen molar-refractivity contribution in [1.82, 2.24) is 4.90 Å². The van der Waals surface area contributed by atoms with Crippen molar-refractivity contribution in [3.8, 4) is 5.75 Å². The smallest absolute Gasteiger partial charge is 0.254 e. The van der Waals surface area contributed by atoms with E-state index in [2.05, 4.69) is 15.9 Å². The second kappa shape index (κ2) is 8.24. The molecule has 1 aromatic carbocycles. The summed E-state index contributed by atoms with van der Waals surface area (Å²) >= 11 is 3.20. The van der Waals surface area contributed by atoms with Gasteiger partial charge in [0.15, 0.2) is 0 Å². The van der Waals surface area contributed by atoms with Crippen LogP contribution in [0.5, 0.6) is 5.75 Å². The van der Waals surface area contributed by atoms with Gasteiger partial charge in [0.2, 0.25) is 0 Å². The summed E-state index contributed by atoms with van der Waals surface area (Å²) in [5.41, 5.74) is 0.435. The van der Waals surface area contributed by atoms with E-state index >= 15 is 0 Å². The highest BCUT2D eigenvalue weighted by Gasteiger charge is 2.21. The Labute approximate surface area is 127 Å². The maximum Gasteiger partial charge on any atom is 0.254 e. The molecule has 0 fully saturated rings. The third kappa shape index (κ3) is 4.47. The molecular weight excluding hydrogens is 326 g/mol. The zero-order valence-corrected chi connectivity index (χ0v) is 13.5. The molecule has 0 saturated heterocycles. The molecule has 0 saturated carbocycles. The fourth-order valence-electron chi connectivity index (χ4n) is 1.85. The van der Waals surface area contributed by atoms with Gasteiger partial charge < -0.3 is 19.5 Å². The number of nitrogens with zero attached hydrogens (tertiary/aromatic N) is 1. The Morgan fingerprint density at radius 2 is 2.10 bits per heavy atom. The summed E-state index contributed by atoms with van der Waals surface area (Å²) in [5.74, 6) is -0.115. The molecule has 1 amide bonds. The first-order valence-electron chi connectivity index (χ1n) is 6.28. The first-order valence-corrected chi connectivity index (χ1v) is 7.08. The highest BCUT2D eigenvalue weighted by atomic mass is 79.9. The minimum absolute atomic E-state index is 0.0435. The van der Waals surface area contributed by atoms with Gasteiger partial charge in [-0.25, -0.2) is 0 Å². The number of ether oxygens (including phenoxy) is 2. The van der Waals surface area contributed by atoms with Crippen LogP contribution in [0.2, 0.25) is 0 Å². The molecule has 1 atom stereocenters. The van der Waals surface area contributed by atoms with Gasteiger partial charge in [0.1, 0.15) is 5.75 Å². The molecule has 0 aliphatic heterocycles. The number of phenols is 1. The van der Waals surface area contributed by atoms with Gasteiger partial charge in [0, 0.05) is 26.3 Å². The highest BCUT2D eigenvalue weighted by Crippen LogP contribution is 2.25. The molecule has 0 aliphatic rings. The molecule has 5 nitrogen and oxygen atoms in total. The summed E-state index contributed by atoms with van der Waals surface area (Å²) < 4.78 is 10.7. The minimum Gasteiger partial charge on any atom is -0.507 e. The van der Waals surface area contributed by atoms with Crippen LogP contribution in [0.15, 0.2) is 22.7 Å². The summed E-state index contributed by atoms with van der Waals surface area (Å²) in [7, 11) is 3.19. The van der Waals surface area contributed by atoms with Gasteiger partial charge >= 0.3 is 0 Å². The largest absolute Gasteiger partial charge is 0.507 e. The van der Waals surface area contributed by atoms with Gasteiger partial charge in [-0.2, -0.15) is 0 Å². The van der Waals surface area contributed by atoms with Crippen molar-refractivity contribution in [2.75, 3.05) is 34.0 Å². The Kier molecular flexibility index (Phi) is 6.98. The molecule has 6 heteroatoms. The van der Waals surface area contributed by atoms with Crippen LogP contribution in [-0.4, -0.2) is 55.9 Å². The van der Waals surface area contributed by atoms with E-state index in [4.69, 9.17) is 9.47 Å². The van der Waals surface area contributed by atoms with Crippen LogP contribution in [0.25, 0.3) is 0 Å². The van der Waals surface area contributed by atoms with Gasteiger partial charge in [0.05, 0.1) is 23.7 Å². The maximum atomic E-state index is 12.5. The number of carbonyl (C=O) groups is 1. The Balaban J connectivity index is 2.93. The minimum atomic E-state index is -0.158. The number of carbonyl (C=O) groups excluding carboxylic acids is 1. The fraction of sp³-hybridized carbons (Fsp3) is 0.500. The number of methoxy groups -OCH3 is 2. The lowest BCUT2D eigenvalue weighted by atomic mass is 10.1. The fourth-order valence-corrected chi connectivity index (χ4v) is 2.10. The van der Waals surface area contributed by atoms with Gasteiger partial charge in [0.25, 0.3) is 5.91 Å². The van der Waals surface area contributed by atoms with Crippen LogP contribution in [-0.2, 0) is 9.47 Å². The number of hydrogen-bond acceptors (Lipinski definition) is 4. The van der Waals surface area contributed by atoms with Crippen LogP contribution in [0.1, 0.15) is 17.3 Å². The lowest BCUT2D eigenvalue weighted by molar-refractivity contribution is 0.0479. The molecular formula is C14H20BrNO4. The number of phenolic OH excluding ortho intramolecular Hbond substituents is 1. The molecule has 1 aromatic rings. The molecule has 1 N–H and O–H groups in total. The van der Waals surface area contributed by atoms with E-state index in [1.807, 2.05) is 6.92 Å². The molecule has 1 rings (SSSR count). The first kappa shape index (κ1) is 16.9. The van der Waals surface area contributed by atoms with Crippen molar-refractivity contribution in [2.24, 2.45) is 0 Å². The average molecular weight is 346 g/mol. The number of hydrogen-bond donors (Lipinski definition) is 1. The SMILES string of the molecule is COCCN(C(=O)c1ccc(Br)c(O)c1)C(C)COC. The Bertz CT molecular complexity index is 453. The molecule has 0 aliphatic carbocycles. The number of halogens is 1. The molecule has 112 valence electrons. The van der Waals surface area contributed by atoms with Gasteiger partial charge in [-0.3, -0.25) is 4.79 Å². The zero-order chi connectivity index (χ0) is 15.1. The van der Waals surface area contributed by atoms with Crippen LogP contribution < -0.4 is 0 Å². The second-order valence-corrected chi connectivity index (χ2v) is 5.32. The summed E-state index contributed by atoms with van der Waals surface area (Å²) in [4.78, 5) is 14.2.